The van der Waals surface area contributed by atoms with Gasteiger partial charge in [-0.25, -0.2) is 8.42 Å². The number of hydrogen-bond donors (Lipinski definition) is 2. The summed E-state index contributed by atoms with van der Waals surface area (Å²) in [6.07, 6.45) is -4.54. The molecule has 0 unspecified atom stereocenters. The van der Waals surface area contributed by atoms with E-state index in [0.717, 1.165) is 12.1 Å². The number of aliphatic hydroxyl groups is 1. The maximum Gasteiger partial charge on any atom is 0.416 e. The number of hydrogen-bond acceptors (Lipinski definition) is 4. The van der Waals surface area contributed by atoms with E-state index in [4.69, 9.17) is 4.74 Å². The first-order valence-electron chi connectivity index (χ1n) is 7.24. The molecule has 0 amide bonds. The zero-order valence-electron chi connectivity index (χ0n) is 13.2. The summed E-state index contributed by atoms with van der Waals surface area (Å²) in [4.78, 5) is -0.306. The number of anilines is 1. The van der Waals surface area contributed by atoms with Crippen LogP contribution in [0.3, 0.4) is 0 Å². The van der Waals surface area contributed by atoms with E-state index in [-0.39, 0.29) is 17.2 Å². The summed E-state index contributed by atoms with van der Waals surface area (Å²) in [5.41, 5.74) is -0.392. The fraction of sp³-hybridized carbons (Fsp3) is 0.250. The van der Waals surface area contributed by atoms with E-state index in [2.05, 4.69) is 4.72 Å². The Morgan fingerprint density at radius 1 is 1.12 bits per heavy atom. The maximum atomic E-state index is 12.5. The van der Waals surface area contributed by atoms with Crippen LogP contribution in [0.1, 0.15) is 18.1 Å². The van der Waals surface area contributed by atoms with Gasteiger partial charge in [0.2, 0.25) is 0 Å². The second-order valence-corrected chi connectivity index (χ2v) is 6.72. The molecule has 0 aromatic heterocycles. The van der Waals surface area contributed by atoms with E-state index in [1.165, 1.54) is 18.2 Å². The van der Waals surface area contributed by atoms with Gasteiger partial charge in [0.05, 0.1) is 23.7 Å². The maximum absolute atomic E-state index is 12.5. The first-order chi connectivity index (χ1) is 11.7. The molecule has 0 aliphatic heterocycles. The number of nitrogens with one attached hydrogen (secondary N) is 1. The van der Waals surface area contributed by atoms with Crippen LogP contribution in [0.4, 0.5) is 18.9 Å². The second-order valence-electron chi connectivity index (χ2n) is 5.04. The van der Waals surface area contributed by atoms with Crippen molar-refractivity contribution in [1.29, 1.82) is 0 Å². The normalized spacial score (nSPS) is 12.0. The highest BCUT2D eigenvalue weighted by atomic mass is 32.2. The van der Waals surface area contributed by atoms with Crippen molar-refractivity contribution in [2.24, 2.45) is 0 Å². The zero-order chi connectivity index (χ0) is 18.7. The molecule has 0 radical (unpaired) electrons. The molecule has 5 nitrogen and oxygen atoms in total. The Bertz CT molecular complexity index is 833. The van der Waals surface area contributed by atoms with E-state index >= 15 is 0 Å². The summed E-state index contributed by atoms with van der Waals surface area (Å²) in [5, 5.41) is 9.33. The van der Waals surface area contributed by atoms with Crippen LogP contribution in [0.2, 0.25) is 0 Å². The van der Waals surface area contributed by atoms with Crippen LogP contribution >= 0.6 is 0 Å². The average Bonchev–Trinajstić information content (AvgIpc) is 2.55. The van der Waals surface area contributed by atoms with Crippen LogP contribution in [0, 0.1) is 0 Å². The third kappa shape index (κ3) is 4.64. The molecule has 136 valence electrons. The monoisotopic (exact) mass is 375 g/mol. The Hall–Kier alpha value is -2.26. The molecule has 0 spiro atoms. The number of halogens is 3. The van der Waals surface area contributed by atoms with Crippen LogP contribution in [0.25, 0.3) is 0 Å². The molecular weight excluding hydrogens is 359 g/mol. The van der Waals surface area contributed by atoms with Crippen LogP contribution in [-0.4, -0.2) is 20.1 Å². The Kier molecular flexibility index (Phi) is 5.58. The van der Waals surface area contributed by atoms with Crippen molar-refractivity contribution in [2.75, 3.05) is 11.3 Å². The molecule has 2 N–H and O–H groups in total. The van der Waals surface area contributed by atoms with Crippen LogP contribution in [-0.2, 0) is 22.8 Å². The number of rotatable bonds is 6. The van der Waals surface area contributed by atoms with E-state index in [9.17, 15) is 26.7 Å². The number of aliphatic hydroxyl groups excluding tert-OH is 1. The van der Waals surface area contributed by atoms with E-state index in [1.807, 2.05) is 0 Å². The Balaban J connectivity index is 2.26. The molecule has 0 aliphatic rings. The van der Waals surface area contributed by atoms with Gasteiger partial charge in [0.25, 0.3) is 10.0 Å². The lowest BCUT2D eigenvalue weighted by atomic mass is 10.2. The standard InChI is InChI=1S/C16H16F3NO4S/c1-2-24-15-8-5-13(9-11(15)10-21)20-25(22,23)14-6-3-12(4-7-14)16(17,18)19/h3-9,20-21H,2,10H2,1H3. The lowest BCUT2D eigenvalue weighted by molar-refractivity contribution is -0.137. The highest BCUT2D eigenvalue weighted by molar-refractivity contribution is 7.92. The highest BCUT2D eigenvalue weighted by Gasteiger charge is 2.30. The van der Waals surface area contributed by atoms with Gasteiger partial charge in [-0.15, -0.1) is 0 Å². The van der Waals surface area contributed by atoms with Gasteiger partial charge in [0.1, 0.15) is 5.75 Å². The molecule has 0 saturated carbocycles. The van der Waals surface area contributed by atoms with E-state index in [0.29, 0.717) is 30.1 Å². The summed E-state index contributed by atoms with van der Waals surface area (Å²) in [5.74, 6) is 0.419. The Morgan fingerprint density at radius 3 is 2.28 bits per heavy atom. The van der Waals surface area contributed by atoms with E-state index < -0.39 is 21.8 Å². The number of ether oxygens (including phenoxy) is 1. The summed E-state index contributed by atoms with van der Waals surface area (Å²) < 4.78 is 69.8. The van der Waals surface area contributed by atoms with Gasteiger partial charge in [0.15, 0.2) is 0 Å². The van der Waals surface area contributed by atoms with E-state index in [1.54, 1.807) is 6.92 Å². The van der Waals surface area contributed by atoms with Crippen molar-refractivity contribution in [2.45, 2.75) is 24.6 Å². The minimum absolute atomic E-state index is 0.160. The topological polar surface area (TPSA) is 75.6 Å². The third-order valence-corrected chi connectivity index (χ3v) is 4.67. The predicted molar refractivity (Wildman–Crippen MR) is 85.8 cm³/mol. The molecule has 0 heterocycles. The van der Waals surface area contributed by atoms with Crippen LogP contribution < -0.4 is 9.46 Å². The van der Waals surface area contributed by atoms with Gasteiger partial charge in [-0.3, -0.25) is 4.72 Å². The van der Waals surface area contributed by atoms with Gasteiger partial charge in [0, 0.05) is 11.3 Å². The smallest absolute Gasteiger partial charge is 0.416 e. The zero-order valence-corrected chi connectivity index (χ0v) is 14.0. The molecular formula is C16H16F3NO4S. The fourth-order valence-electron chi connectivity index (χ4n) is 2.10. The molecule has 2 aromatic rings. The highest BCUT2D eigenvalue weighted by Crippen LogP contribution is 2.30. The van der Waals surface area contributed by atoms with Crippen LogP contribution in [0.15, 0.2) is 47.4 Å². The third-order valence-electron chi connectivity index (χ3n) is 3.27. The summed E-state index contributed by atoms with van der Waals surface area (Å²) in [6, 6.07) is 7.50. The largest absolute Gasteiger partial charge is 0.494 e. The quantitative estimate of drug-likeness (QED) is 0.812. The fourth-order valence-corrected chi connectivity index (χ4v) is 3.15. The lowest BCUT2D eigenvalue weighted by Crippen LogP contribution is -2.14. The molecule has 2 rings (SSSR count). The number of benzene rings is 2. The summed E-state index contributed by atoms with van der Waals surface area (Å²) >= 11 is 0. The number of alkyl halides is 3. The molecule has 9 heteroatoms. The predicted octanol–water partition coefficient (Wildman–Crippen LogP) is 3.40. The second kappa shape index (κ2) is 7.32. The minimum atomic E-state index is -4.54. The van der Waals surface area contributed by atoms with Crippen molar-refractivity contribution in [1.82, 2.24) is 0 Å². The van der Waals surface area contributed by atoms with Gasteiger partial charge in [-0.1, -0.05) is 0 Å². The number of sulfonamides is 1. The summed E-state index contributed by atoms with van der Waals surface area (Å²) in [6.45, 7) is 1.79. The van der Waals surface area contributed by atoms with Gasteiger partial charge < -0.3 is 9.84 Å². The molecule has 0 saturated heterocycles. The van der Waals surface area contributed by atoms with Gasteiger partial charge in [-0.2, -0.15) is 13.2 Å². The van der Waals surface area contributed by atoms with Gasteiger partial charge >= 0.3 is 6.18 Å². The Labute approximate surface area is 143 Å². The Morgan fingerprint density at radius 2 is 1.76 bits per heavy atom. The summed E-state index contributed by atoms with van der Waals surface area (Å²) in [7, 11) is -4.07. The van der Waals surface area contributed by atoms with Crippen LogP contribution in [0.5, 0.6) is 5.75 Å². The lowest BCUT2D eigenvalue weighted by Gasteiger charge is -2.13. The first kappa shape index (κ1) is 19.1. The van der Waals surface area contributed by atoms with Crippen molar-refractivity contribution < 1.29 is 31.4 Å². The molecule has 0 fully saturated rings. The molecule has 0 aliphatic carbocycles. The van der Waals surface area contributed by atoms with Crippen molar-refractivity contribution in [3.8, 4) is 5.75 Å². The molecule has 0 atom stereocenters. The van der Waals surface area contributed by atoms with Crippen molar-refractivity contribution in [3.63, 3.8) is 0 Å². The van der Waals surface area contributed by atoms with Crippen molar-refractivity contribution in [3.05, 3.63) is 53.6 Å². The SMILES string of the molecule is CCOc1ccc(NS(=O)(=O)c2ccc(C(F)(F)F)cc2)cc1CO. The minimum Gasteiger partial charge on any atom is -0.494 e. The van der Waals surface area contributed by atoms with Gasteiger partial charge in [-0.05, 0) is 49.4 Å². The first-order valence-corrected chi connectivity index (χ1v) is 8.72. The molecule has 2 aromatic carbocycles. The average molecular weight is 375 g/mol. The molecule has 25 heavy (non-hydrogen) atoms. The molecule has 0 bridgehead atoms. The van der Waals surface area contributed by atoms with Crippen molar-refractivity contribution >= 4 is 15.7 Å².